The number of hydrogen-bond acceptors (Lipinski definition) is 4. The molecule has 0 unspecified atom stereocenters. The van der Waals surface area contributed by atoms with E-state index in [0.29, 0.717) is 17.8 Å². The minimum Gasteiger partial charge on any atom is -0.378 e. The van der Waals surface area contributed by atoms with Crippen molar-refractivity contribution in [3.05, 3.63) is 59.4 Å². The number of carbonyl (C=O) groups is 2. The number of hydrogen-bond donors (Lipinski definition) is 1. The highest BCUT2D eigenvalue weighted by atomic mass is 19.1. The van der Waals surface area contributed by atoms with Crippen molar-refractivity contribution < 1.29 is 14.0 Å². The summed E-state index contributed by atoms with van der Waals surface area (Å²) in [5.41, 5.74) is 3.74. The molecule has 7 heteroatoms. The Balaban J connectivity index is 1.73. The zero-order chi connectivity index (χ0) is 20.3. The van der Waals surface area contributed by atoms with E-state index < -0.39 is 0 Å². The highest BCUT2D eigenvalue weighted by Crippen LogP contribution is 2.22. The van der Waals surface area contributed by atoms with Gasteiger partial charge in [0.25, 0.3) is 5.91 Å². The van der Waals surface area contributed by atoms with Gasteiger partial charge in [-0.15, -0.1) is 0 Å². The van der Waals surface area contributed by atoms with Crippen molar-refractivity contribution in [2.45, 2.75) is 26.3 Å². The van der Waals surface area contributed by atoms with Crippen LogP contribution in [-0.2, 0) is 16.1 Å². The molecule has 0 bridgehead atoms. The number of nitrogens with one attached hydrogen (secondary N) is 1. The third kappa shape index (κ3) is 4.54. The molecule has 2 amide bonds. The first kappa shape index (κ1) is 19.5. The first-order valence-electron chi connectivity index (χ1n) is 9.05. The predicted molar refractivity (Wildman–Crippen MR) is 108 cm³/mol. The molecule has 0 spiro atoms. The molecule has 1 N–H and O–H groups in total. The number of nitrogens with zero attached hydrogens (tertiary/aromatic N) is 3. The standard InChI is InChI=1S/C21H23FN4O2/c1-14-12-17(25(2)3)8-9-18(14)23-21(28)19-10-11-20(27)26(24-19)13-15-4-6-16(22)7-5-15/h4-9,12H,10-11,13H2,1-3H3,(H,23,28). The molecule has 0 saturated heterocycles. The molecule has 28 heavy (non-hydrogen) atoms. The summed E-state index contributed by atoms with van der Waals surface area (Å²) in [7, 11) is 3.91. The lowest BCUT2D eigenvalue weighted by atomic mass is 10.1. The van der Waals surface area contributed by atoms with Crippen LogP contribution in [0.4, 0.5) is 15.8 Å². The molecule has 3 rings (SSSR count). The number of halogens is 1. The molecule has 2 aromatic rings. The third-order valence-corrected chi connectivity index (χ3v) is 4.59. The molecule has 0 atom stereocenters. The maximum atomic E-state index is 13.1. The van der Waals surface area contributed by atoms with E-state index in [1.165, 1.54) is 17.1 Å². The monoisotopic (exact) mass is 382 g/mol. The van der Waals surface area contributed by atoms with Crippen LogP contribution in [0, 0.1) is 12.7 Å². The SMILES string of the molecule is Cc1cc(N(C)C)ccc1NC(=O)C1=NN(Cc2ccc(F)cc2)C(=O)CC1. The fraction of sp³-hybridized carbons (Fsp3) is 0.286. The average Bonchev–Trinajstić information content (AvgIpc) is 2.66. The van der Waals surface area contributed by atoms with Crippen LogP contribution in [0.2, 0.25) is 0 Å². The molecular formula is C21H23FN4O2. The van der Waals surface area contributed by atoms with Crippen LogP contribution >= 0.6 is 0 Å². The van der Waals surface area contributed by atoms with Gasteiger partial charge >= 0.3 is 0 Å². The highest BCUT2D eigenvalue weighted by Gasteiger charge is 2.25. The van der Waals surface area contributed by atoms with E-state index in [1.807, 2.05) is 44.1 Å². The molecule has 1 heterocycles. The minimum atomic E-state index is -0.340. The largest absolute Gasteiger partial charge is 0.378 e. The smallest absolute Gasteiger partial charge is 0.271 e. The zero-order valence-electron chi connectivity index (χ0n) is 16.2. The molecule has 0 saturated carbocycles. The fourth-order valence-corrected chi connectivity index (χ4v) is 2.91. The Morgan fingerprint density at radius 2 is 1.89 bits per heavy atom. The van der Waals surface area contributed by atoms with Crippen molar-refractivity contribution in [2.24, 2.45) is 5.10 Å². The van der Waals surface area contributed by atoms with Crippen LogP contribution in [0.1, 0.15) is 24.0 Å². The second-order valence-corrected chi connectivity index (χ2v) is 6.97. The molecule has 0 fully saturated rings. The maximum Gasteiger partial charge on any atom is 0.271 e. The van der Waals surface area contributed by atoms with Gasteiger partial charge in [0, 0.05) is 38.3 Å². The van der Waals surface area contributed by atoms with E-state index >= 15 is 0 Å². The number of carbonyl (C=O) groups excluding carboxylic acids is 2. The highest BCUT2D eigenvalue weighted by molar-refractivity contribution is 6.43. The summed E-state index contributed by atoms with van der Waals surface area (Å²) < 4.78 is 13.1. The molecule has 0 aliphatic carbocycles. The van der Waals surface area contributed by atoms with Gasteiger partial charge < -0.3 is 10.2 Å². The van der Waals surface area contributed by atoms with Crippen LogP contribution in [0.3, 0.4) is 0 Å². The maximum absolute atomic E-state index is 13.1. The number of rotatable bonds is 5. The second-order valence-electron chi connectivity index (χ2n) is 6.97. The van der Waals surface area contributed by atoms with Crippen molar-refractivity contribution in [1.29, 1.82) is 0 Å². The quantitative estimate of drug-likeness (QED) is 0.863. The van der Waals surface area contributed by atoms with Gasteiger partial charge in [-0.3, -0.25) is 9.59 Å². The first-order valence-corrected chi connectivity index (χ1v) is 9.05. The van der Waals surface area contributed by atoms with Gasteiger partial charge in [0.2, 0.25) is 5.91 Å². The molecule has 146 valence electrons. The molecule has 0 radical (unpaired) electrons. The van der Waals surface area contributed by atoms with E-state index in [-0.39, 0.29) is 30.6 Å². The summed E-state index contributed by atoms with van der Waals surface area (Å²) >= 11 is 0. The van der Waals surface area contributed by atoms with Crippen molar-refractivity contribution in [3.8, 4) is 0 Å². The lowest BCUT2D eigenvalue weighted by Crippen LogP contribution is -2.36. The van der Waals surface area contributed by atoms with Crippen LogP contribution in [0.25, 0.3) is 0 Å². The minimum absolute atomic E-state index is 0.160. The summed E-state index contributed by atoms with van der Waals surface area (Å²) in [4.78, 5) is 26.8. The first-order chi connectivity index (χ1) is 13.3. The summed E-state index contributed by atoms with van der Waals surface area (Å²) in [6.07, 6.45) is 0.505. The van der Waals surface area contributed by atoms with Gasteiger partial charge in [0.1, 0.15) is 11.5 Å². The van der Waals surface area contributed by atoms with Crippen molar-refractivity contribution in [2.75, 3.05) is 24.3 Å². The van der Waals surface area contributed by atoms with Gasteiger partial charge in [-0.05, 0) is 48.4 Å². The lowest BCUT2D eigenvalue weighted by molar-refractivity contribution is -0.132. The van der Waals surface area contributed by atoms with Gasteiger partial charge in [-0.25, -0.2) is 9.40 Å². The Morgan fingerprint density at radius 1 is 1.18 bits per heavy atom. The van der Waals surface area contributed by atoms with E-state index in [2.05, 4.69) is 10.4 Å². The Morgan fingerprint density at radius 3 is 2.54 bits per heavy atom. The summed E-state index contributed by atoms with van der Waals surface area (Å²) in [5, 5.41) is 8.39. The second kappa shape index (κ2) is 8.21. The lowest BCUT2D eigenvalue weighted by Gasteiger charge is -2.23. The number of amides is 2. The summed E-state index contributed by atoms with van der Waals surface area (Å²) in [5.74, 6) is -0.822. The Labute approximate surface area is 163 Å². The van der Waals surface area contributed by atoms with Crippen molar-refractivity contribution in [1.82, 2.24) is 5.01 Å². The van der Waals surface area contributed by atoms with E-state index in [4.69, 9.17) is 0 Å². The number of hydrazone groups is 1. The number of aryl methyl sites for hydroxylation is 1. The predicted octanol–water partition coefficient (Wildman–Crippen LogP) is 3.32. The summed E-state index contributed by atoms with van der Waals surface area (Å²) in [6.45, 7) is 2.13. The normalized spacial score (nSPS) is 13.9. The van der Waals surface area contributed by atoms with E-state index in [1.54, 1.807) is 12.1 Å². The molecule has 6 nitrogen and oxygen atoms in total. The average molecular weight is 382 g/mol. The van der Waals surface area contributed by atoms with E-state index in [9.17, 15) is 14.0 Å². The van der Waals surface area contributed by atoms with Crippen LogP contribution in [0.5, 0.6) is 0 Å². The van der Waals surface area contributed by atoms with Crippen LogP contribution in [0.15, 0.2) is 47.6 Å². The molecule has 0 aromatic heterocycles. The fourth-order valence-electron chi connectivity index (χ4n) is 2.91. The third-order valence-electron chi connectivity index (χ3n) is 4.59. The molecular weight excluding hydrogens is 359 g/mol. The van der Waals surface area contributed by atoms with Gasteiger partial charge in [-0.1, -0.05) is 12.1 Å². The van der Waals surface area contributed by atoms with Gasteiger partial charge in [0.15, 0.2) is 0 Å². The Hall–Kier alpha value is -3.22. The van der Waals surface area contributed by atoms with Crippen molar-refractivity contribution >= 4 is 28.9 Å². The summed E-state index contributed by atoms with van der Waals surface area (Å²) in [6, 6.07) is 11.6. The number of anilines is 2. The van der Waals surface area contributed by atoms with Crippen LogP contribution < -0.4 is 10.2 Å². The topological polar surface area (TPSA) is 65.0 Å². The van der Waals surface area contributed by atoms with Gasteiger partial charge in [0.05, 0.1) is 6.54 Å². The zero-order valence-corrected chi connectivity index (χ0v) is 16.2. The molecule has 2 aromatic carbocycles. The Bertz CT molecular complexity index is 923. The Kier molecular flexibility index (Phi) is 5.73. The number of benzene rings is 2. The molecule has 1 aliphatic heterocycles. The van der Waals surface area contributed by atoms with E-state index in [0.717, 1.165) is 16.8 Å². The van der Waals surface area contributed by atoms with Crippen molar-refractivity contribution in [3.63, 3.8) is 0 Å². The van der Waals surface area contributed by atoms with Gasteiger partial charge in [-0.2, -0.15) is 5.10 Å². The van der Waals surface area contributed by atoms with Crippen LogP contribution in [-0.4, -0.2) is 36.6 Å². The molecule has 1 aliphatic rings.